The van der Waals surface area contributed by atoms with Crippen LogP contribution in [0.5, 0.6) is 5.75 Å². The van der Waals surface area contributed by atoms with Gasteiger partial charge in [0.1, 0.15) is 5.75 Å². The van der Waals surface area contributed by atoms with Crippen LogP contribution in [0.2, 0.25) is 0 Å². The van der Waals surface area contributed by atoms with Crippen molar-refractivity contribution >= 4 is 22.5 Å². The van der Waals surface area contributed by atoms with E-state index in [1.807, 2.05) is 30.3 Å². The fourth-order valence-corrected chi connectivity index (χ4v) is 2.21. The van der Waals surface area contributed by atoms with E-state index in [-0.39, 0.29) is 5.91 Å². The summed E-state index contributed by atoms with van der Waals surface area (Å²) in [6.07, 6.45) is 1.73. The quantitative estimate of drug-likeness (QED) is 0.752. The lowest BCUT2D eigenvalue weighted by atomic mass is 10.2. The van der Waals surface area contributed by atoms with E-state index in [2.05, 4.69) is 29.4 Å². The number of H-pyrrole nitrogens is 1. The van der Waals surface area contributed by atoms with E-state index in [4.69, 9.17) is 4.74 Å². The van der Waals surface area contributed by atoms with Crippen molar-refractivity contribution in [1.29, 1.82) is 0 Å². The first kappa shape index (κ1) is 15.1. The zero-order chi connectivity index (χ0) is 16.2. The molecule has 0 saturated carbocycles. The van der Waals surface area contributed by atoms with E-state index in [9.17, 15) is 4.79 Å². The molecule has 0 unspecified atom stereocenters. The molecule has 118 valence electrons. The third-order valence-electron chi connectivity index (χ3n) is 3.38. The molecule has 1 heterocycles. The number of aromatic nitrogens is 2. The number of carbonyl (C=O) groups is 1. The van der Waals surface area contributed by atoms with Gasteiger partial charge in [-0.1, -0.05) is 19.9 Å². The highest BCUT2D eigenvalue weighted by Crippen LogP contribution is 2.19. The fraction of sp³-hybridized carbons (Fsp3) is 0.222. The molecule has 0 aliphatic carbocycles. The Bertz CT molecular complexity index is 824. The van der Waals surface area contributed by atoms with Gasteiger partial charge in [-0.15, -0.1) is 0 Å². The Balaban J connectivity index is 1.73. The number of benzene rings is 2. The Morgan fingerprint density at radius 2 is 2.13 bits per heavy atom. The second-order valence-electron chi connectivity index (χ2n) is 5.86. The van der Waals surface area contributed by atoms with Crippen LogP contribution in [0, 0.1) is 5.92 Å². The number of anilines is 1. The van der Waals surface area contributed by atoms with Gasteiger partial charge >= 0.3 is 0 Å². The highest BCUT2D eigenvalue weighted by molar-refractivity contribution is 6.05. The summed E-state index contributed by atoms with van der Waals surface area (Å²) in [5, 5.41) is 10.7. The van der Waals surface area contributed by atoms with Gasteiger partial charge in [0, 0.05) is 16.6 Å². The number of fused-ring (bicyclic) bond motifs is 1. The van der Waals surface area contributed by atoms with Gasteiger partial charge in [0.2, 0.25) is 0 Å². The van der Waals surface area contributed by atoms with Crippen LogP contribution >= 0.6 is 0 Å². The predicted molar refractivity (Wildman–Crippen MR) is 90.8 cm³/mol. The molecule has 2 aromatic carbocycles. The molecule has 5 heteroatoms. The van der Waals surface area contributed by atoms with Crippen LogP contribution in [0.1, 0.15) is 24.2 Å². The van der Waals surface area contributed by atoms with Gasteiger partial charge in [-0.3, -0.25) is 9.89 Å². The summed E-state index contributed by atoms with van der Waals surface area (Å²) in [7, 11) is 0. The Kier molecular flexibility index (Phi) is 4.28. The smallest absolute Gasteiger partial charge is 0.255 e. The molecule has 0 fully saturated rings. The monoisotopic (exact) mass is 309 g/mol. The lowest BCUT2D eigenvalue weighted by molar-refractivity contribution is 0.102. The van der Waals surface area contributed by atoms with E-state index in [1.165, 1.54) is 0 Å². The molecular formula is C18H19N3O2. The first-order valence-electron chi connectivity index (χ1n) is 7.59. The highest BCUT2D eigenvalue weighted by Gasteiger charge is 2.08. The van der Waals surface area contributed by atoms with Gasteiger partial charge < -0.3 is 10.1 Å². The second kappa shape index (κ2) is 6.52. The molecule has 0 atom stereocenters. The average molecular weight is 309 g/mol. The SMILES string of the molecule is CC(C)COc1cccc(C(=O)Nc2ccc3[nH]ncc3c2)c1. The summed E-state index contributed by atoms with van der Waals surface area (Å²) in [5.74, 6) is 0.980. The third-order valence-corrected chi connectivity index (χ3v) is 3.38. The number of carbonyl (C=O) groups excluding carboxylic acids is 1. The van der Waals surface area contributed by atoms with Crippen LogP contribution in [0.4, 0.5) is 5.69 Å². The summed E-state index contributed by atoms with van der Waals surface area (Å²) in [4.78, 5) is 12.4. The normalized spacial score (nSPS) is 10.9. The molecule has 0 aliphatic rings. The molecule has 0 spiro atoms. The molecule has 0 aliphatic heterocycles. The topological polar surface area (TPSA) is 67.0 Å². The summed E-state index contributed by atoms with van der Waals surface area (Å²) in [6, 6.07) is 12.8. The van der Waals surface area contributed by atoms with E-state index in [0.717, 1.165) is 16.6 Å². The van der Waals surface area contributed by atoms with Crippen molar-refractivity contribution in [2.45, 2.75) is 13.8 Å². The Morgan fingerprint density at radius 1 is 1.26 bits per heavy atom. The predicted octanol–water partition coefficient (Wildman–Crippen LogP) is 3.85. The van der Waals surface area contributed by atoms with Crippen molar-refractivity contribution in [3.8, 4) is 5.75 Å². The van der Waals surface area contributed by atoms with E-state index in [1.54, 1.807) is 18.3 Å². The van der Waals surface area contributed by atoms with Gasteiger partial charge in [-0.2, -0.15) is 5.10 Å². The molecule has 0 bridgehead atoms. The minimum absolute atomic E-state index is 0.164. The summed E-state index contributed by atoms with van der Waals surface area (Å²) >= 11 is 0. The highest BCUT2D eigenvalue weighted by atomic mass is 16.5. The molecule has 1 aromatic heterocycles. The maximum Gasteiger partial charge on any atom is 0.255 e. The molecular weight excluding hydrogens is 290 g/mol. The van der Waals surface area contributed by atoms with Crippen LogP contribution in [0.15, 0.2) is 48.7 Å². The molecule has 23 heavy (non-hydrogen) atoms. The Labute approximate surface area is 134 Å². The number of ether oxygens (including phenoxy) is 1. The molecule has 2 N–H and O–H groups in total. The van der Waals surface area contributed by atoms with Gasteiger partial charge in [0.15, 0.2) is 0 Å². The summed E-state index contributed by atoms with van der Waals surface area (Å²) in [6.45, 7) is 4.80. The third kappa shape index (κ3) is 3.69. The molecule has 0 radical (unpaired) electrons. The van der Waals surface area contributed by atoms with E-state index in [0.29, 0.717) is 23.8 Å². The van der Waals surface area contributed by atoms with Gasteiger partial charge in [0.05, 0.1) is 18.3 Å². The molecule has 5 nitrogen and oxygen atoms in total. The number of aromatic amines is 1. The fourth-order valence-electron chi connectivity index (χ4n) is 2.21. The first-order chi connectivity index (χ1) is 11.1. The van der Waals surface area contributed by atoms with Crippen LogP contribution in [-0.2, 0) is 0 Å². The van der Waals surface area contributed by atoms with Gasteiger partial charge in [0.25, 0.3) is 5.91 Å². The van der Waals surface area contributed by atoms with Crippen LogP contribution < -0.4 is 10.1 Å². The van der Waals surface area contributed by atoms with Crippen LogP contribution in [0.3, 0.4) is 0 Å². The second-order valence-corrected chi connectivity index (χ2v) is 5.86. The van der Waals surface area contributed by atoms with E-state index >= 15 is 0 Å². The standard InChI is InChI=1S/C18H19N3O2/c1-12(2)11-23-16-5-3-4-13(9-16)18(22)20-15-6-7-17-14(8-15)10-19-21-17/h3-10,12H,11H2,1-2H3,(H,19,21)(H,20,22). The van der Waals surface area contributed by atoms with E-state index < -0.39 is 0 Å². The number of nitrogens with one attached hydrogen (secondary N) is 2. The number of hydrogen-bond donors (Lipinski definition) is 2. The Hall–Kier alpha value is -2.82. The minimum atomic E-state index is -0.164. The van der Waals surface area contributed by atoms with Crippen LogP contribution in [0.25, 0.3) is 10.9 Å². The number of hydrogen-bond acceptors (Lipinski definition) is 3. The van der Waals surface area contributed by atoms with Crippen molar-refractivity contribution in [1.82, 2.24) is 10.2 Å². The van der Waals surface area contributed by atoms with Crippen molar-refractivity contribution < 1.29 is 9.53 Å². The molecule has 3 rings (SSSR count). The molecule has 3 aromatic rings. The number of rotatable bonds is 5. The average Bonchev–Trinajstić information content (AvgIpc) is 3.01. The lowest BCUT2D eigenvalue weighted by Gasteiger charge is -2.10. The maximum atomic E-state index is 12.4. The lowest BCUT2D eigenvalue weighted by Crippen LogP contribution is -2.12. The van der Waals surface area contributed by atoms with Crippen molar-refractivity contribution in [2.75, 3.05) is 11.9 Å². The zero-order valence-electron chi connectivity index (χ0n) is 13.2. The molecule has 1 amide bonds. The van der Waals surface area contributed by atoms with Crippen molar-refractivity contribution in [3.05, 3.63) is 54.2 Å². The summed E-state index contributed by atoms with van der Waals surface area (Å²) in [5.41, 5.74) is 2.24. The van der Waals surface area contributed by atoms with Crippen molar-refractivity contribution in [2.24, 2.45) is 5.92 Å². The zero-order valence-corrected chi connectivity index (χ0v) is 13.2. The first-order valence-corrected chi connectivity index (χ1v) is 7.59. The number of amides is 1. The molecule has 0 saturated heterocycles. The van der Waals surface area contributed by atoms with Gasteiger partial charge in [-0.25, -0.2) is 0 Å². The van der Waals surface area contributed by atoms with Crippen LogP contribution in [-0.4, -0.2) is 22.7 Å². The summed E-state index contributed by atoms with van der Waals surface area (Å²) < 4.78 is 5.66. The largest absolute Gasteiger partial charge is 0.493 e. The Morgan fingerprint density at radius 3 is 2.96 bits per heavy atom. The van der Waals surface area contributed by atoms with Gasteiger partial charge in [-0.05, 0) is 42.3 Å². The maximum absolute atomic E-state index is 12.4. The van der Waals surface area contributed by atoms with Crippen molar-refractivity contribution in [3.63, 3.8) is 0 Å². The number of nitrogens with zero attached hydrogens (tertiary/aromatic N) is 1. The minimum Gasteiger partial charge on any atom is -0.493 e.